The van der Waals surface area contributed by atoms with E-state index in [0.29, 0.717) is 5.56 Å². The Morgan fingerprint density at radius 1 is 0.758 bits per heavy atom. The summed E-state index contributed by atoms with van der Waals surface area (Å²) < 4.78 is 28.6. The van der Waals surface area contributed by atoms with Crippen molar-refractivity contribution < 1.29 is 8.42 Å². The van der Waals surface area contributed by atoms with Crippen molar-refractivity contribution >= 4 is 20.9 Å². The zero-order valence-electron chi connectivity index (χ0n) is 19.3. The number of aryl methyl sites for hydroxylation is 4. The number of aromatic nitrogens is 1. The van der Waals surface area contributed by atoms with Gasteiger partial charge in [-0.15, -0.1) is 0 Å². The highest BCUT2D eigenvalue weighted by Gasteiger charge is 2.26. The summed E-state index contributed by atoms with van der Waals surface area (Å²) in [6, 6.07) is 20.3. The van der Waals surface area contributed by atoms with Gasteiger partial charge in [0.2, 0.25) is 10.0 Å². The Morgan fingerprint density at radius 2 is 1.33 bits per heavy atom. The highest BCUT2D eigenvalue weighted by atomic mass is 32.2. The molecule has 0 spiro atoms. The van der Waals surface area contributed by atoms with Crippen molar-refractivity contribution in [1.82, 2.24) is 9.29 Å². The van der Waals surface area contributed by atoms with Crippen molar-refractivity contribution in [2.24, 2.45) is 0 Å². The Balaban J connectivity index is 1.78. The molecular weight excluding hydrogens is 432 g/mol. The molecule has 0 fully saturated rings. The number of H-pyrrole nitrogens is 1. The number of fused-ring (bicyclic) bond motifs is 1. The summed E-state index contributed by atoms with van der Waals surface area (Å²) in [6.45, 7) is 8.06. The number of nitrogens with one attached hydrogen (secondary N) is 1. The molecule has 6 heteroatoms. The second kappa shape index (κ2) is 8.96. The largest absolute Gasteiger partial charge is 0.322 e. The first kappa shape index (κ1) is 23.0. The predicted molar refractivity (Wildman–Crippen MR) is 133 cm³/mol. The van der Waals surface area contributed by atoms with Crippen molar-refractivity contribution in [1.29, 1.82) is 0 Å². The standard InChI is InChI=1S/C27H28N2O3S/c1-18-5-9-22(10-6-18)16-29(33(31,32)25-11-7-19(2)8-12-25)17-24-15-23-13-20(3)21(4)14-26(23)28-27(24)30/h5-15H,16-17H2,1-4H3,(H,28,30). The first-order valence-corrected chi connectivity index (χ1v) is 12.3. The molecule has 0 unspecified atom stereocenters. The molecule has 4 aromatic rings. The lowest BCUT2D eigenvalue weighted by molar-refractivity contribution is 0.400. The summed E-state index contributed by atoms with van der Waals surface area (Å²) in [5, 5.41) is 0.885. The van der Waals surface area contributed by atoms with Crippen LogP contribution in [-0.2, 0) is 23.1 Å². The Hall–Kier alpha value is -3.22. The fourth-order valence-corrected chi connectivity index (χ4v) is 5.22. The van der Waals surface area contributed by atoms with Gasteiger partial charge in [0.15, 0.2) is 0 Å². The van der Waals surface area contributed by atoms with Crippen molar-refractivity contribution in [2.75, 3.05) is 0 Å². The maximum atomic E-state index is 13.6. The smallest absolute Gasteiger partial charge is 0.252 e. The highest BCUT2D eigenvalue weighted by Crippen LogP contribution is 2.23. The van der Waals surface area contributed by atoms with Gasteiger partial charge >= 0.3 is 0 Å². The molecule has 4 rings (SSSR count). The van der Waals surface area contributed by atoms with E-state index >= 15 is 0 Å². The summed E-state index contributed by atoms with van der Waals surface area (Å²) in [5.41, 5.74) is 6.03. The number of nitrogens with zero attached hydrogens (tertiary/aromatic N) is 1. The third kappa shape index (κ3) is 4.92. The molecule has 1 heterocycles. The monoisotopic (exact) mass is 460 g/mol. The minimum atomic E-state index is -3.83. The molecule has 0 bridgehead atoms. The lowest BCUT2D eigenvalue weighted by Crippen LogP contribution is -2.32. The second-order valence-corrected chi connectivity index (χ2v) is 10.7. The van der Waals surface area contributed by atoms with E-state index in [1.54, 1.807) is 30.3 Å². The molecular formula is C27H28N2O3S. The van der Waals surface area contributed by atoms with Gasteiger partial charge in [0.05, 0.1) is 4.90 Å². The van der Waals surface area contributed by atoms with Crippen molar-refractivity contribution in [3.63, 3.8) is 0 Å². The third-order valence-corrected chi connectivity index (χ3v) is 7.83. The first-order valence-electron chi connectivity index (χ1n) is 10.9. The van der Waals surface area contributed by atoms with Crippen LogP contribution in [0.5, 0.6) is 0 Å². The molecule has 170 valence electrons. The van der Waals surface area contributed by atoms with E-state index in [2.05, 4.69) is 4.98 Å². The topological polar surface area (TPSA) is 70.2 Å². The van der Waals surface area contributed by atoms with Gasteiger partial charge < -0.3 is 4.98 Å². The second-order valence-electron chi connectivity index (χ2n) is 8.72. The Bertz CT molecular complexity index is 1470. The lowest BCUT2D eigenvalue weighted by Gasteiger charge is -2.23. The van der Waals surface area contributed by atoms with Crippen LogP contribution >= 0.6 is 0 Å². The Kier molecular flexibility index (Phi) is 6.23. The van der Waals surface area contributed by atoms with Crippen LogP contribution in [0.2, 0.25) is 0 Å². The summed E-state index contributed by atoms with van der Waals surface area (Å²) in [6.07, 6.45) is 0. The molecule has 0 aliphatic heterocycles. The summed E-state index contributed by atoms with van der Waals surface area (Å²) in [5.74, 6) is 0. The van der Waals surface area contributed by atoms with Crippen LogP contribution in [0.15, 0.2) is 76.4 Å². The van der Waals surface area contributed by atoms with E-state index in [9.17, 15) is 13.2 Å². The van der Waals surface area contributed by atoms with E-state index in [4.69, 9.17) is 0 Å². The van der Waals surface area contributed by atoms with Gasteiger partial charge in [-0.25, -0.2) is 8.42 Å². The third-order valence-electron chi connectivity index (χ3n) is 6.02. The molecule has 0 radical (unpaired) electrons. The number of pyridine rings is 1. The Labute approximate surface area is 194 Å². The summed E-state index contributed by atoms with van der Waals surface area (Å²) in [4.78, 5) is 16.0. The SMILES string of the molecule is Cc1ccc(CN(Cc2cc3cc(C)c(C)cc3[nH]c2=O)S(=O)(=O)c2ccc(C)cc2)cc1. The quantitative estimate of drug-likeness (QED) is 0.432. The lowest BCUT2D eigenvalue weighted by atomic mass is 10.0. The fourth-order valence-electron chi connectivity index (χ4n) is 3.81. The minimum Gasteiger partial charge on any atom is -0.322 e. The van der Waals surface area contributed by atoms with E-state index < -0.39 is 10.0 Å². The van der Waals surface area contributed by atoms with Gasteiger partial charge in [-0.2, -0.15) is 4.31 Å². The van der Waals surface area contributed by atoms with E-state index in [1.165, 1.54) is 4.31 Å². The molecule has 0 saturated carbocycles. The maximum absolute atomic E-state index is 13.6. The maximum Gasteiger partial charge on any atom is 0.252 e. The fraction of sp³-hybridized carbons (Fsp3) is 0.222. The van der Waals surface area contributed by atoms with Crippen molar-refractivity contribution in [3.05, 3.63) is 110 Å². The molecule has 5 nitrogen and oxygen atoms in total. The van der Waals surface area contributed by atoms with Gasteiger partial charge in [0.25, 0.3) is 5.56 Å². The number of aromatic amines is 1. The van der Waals surface area contributed by atoms with Gasteiger partial charge in [0.1, 0.15) is 0 Å². The normalized spacial score (nSPS) is 11.9. The van der Waals surface area contributed by atoms with Crippen LogP contribution in [0.1, 0.15) is 33.4 Å². The van der Waals surface area contributed by atoms with Crippen LogP contribution in [0.3, 0.4) is 0 Å². The van der Waals surface area contributed by atoms with Crippen molar-refractivity contribution in [2.45, 2.75) is 45.7 Å². The van der Waals surface area contributed by atoms with E-state index in [0.717, 1.165) is 38.7 Å². The number of hydrogen-bond acceptors (Lipinski definition) is 3. The molecule has 0 aliphatic rings. The molecule has 0 atom stereocenters. The molecule has 3 aromatic carbocycles. The first-order chi connectivity index (χ1) is 15.6. The molecule has 1 aromatic heterocycles. The summed E-state index contributed by atoms with van der Waals surface area (Å²) in [7, 11) is -3.83. The molecule has 0 aliphatic carbocycles. The van der Waals surface area contributed by atoms with Crippen LogP contribution in [0, 0.1) is 27.7 Å². The van der Waals surface area contributed by atoms with Crippen LogP contribution in [0.25, 0.3) is 10.9 Å². The van der Waals surface area contributed by atoms with Gasteiger partial charge in [-0.05, 0) is 80.1 Å². The number of benzene rings is 3. The number of sulfonamides is 1. The van der Waals surface area contributed by atoms with E-state index in [1.807, 2.05) is 64.1 Å². The summed E-state index contributed by atoms with van der Waals surface area (Å²) >= 11 is 0. The van der Waals surface area contributed by atoms with Crippen LogP contribution in [0.4, 0.5) is 0 Å². The van der Waals surface area contributed by atoms with Gasteiger partial charge in [0, 0.05) is 24.2 Å². The average Bonchev–Trinajstić information content (AvgIpc) is 2.77. The number of rotatable bonds is 6. The van der Waals surface area contributed by atoms with Crippen LogP contribution < -0.4 is 5.56 Å². The highest BCUT2D eigenvalue weighted by molar-refractivity contribution is 7.89. The Morgan fingerprint density at radius 3 is 1.97 bits per heavy atom. The van der Waals surface area contributed by atoms with Gasteiger partial charge in [-0.1, -0.05) is 47.5 Å². The zero-order chi connectivity index (χ0) is 23.8. The van der Waals surface area contributed by atoms with Gasteiger partial charge in [-0.3, -0.25) is 4.79 Å². The molecule has 0 amide bonds. The zero-order valence-corrected chi connectivity index (χ0v) is 20.2. The predicted octanol–water partition coefficient (Wildman–Crippen LogP) is 5.15. The molecule has 1 N–H and O–H groups in total. The van der Waals surface area contributed by atoms with E-state index in [-0.39, 0.29) is 23.5 Å². The average molecular weight is 461 g/mol. The van der Waals surface area contributed by atoms with Crippen LogP contribution in [-0.4, -0.2) is 17.7 Å². The molecule has 33 heavy (non-hydrogen) atoms. The molecule has 0 saturated heterocycles. The minimum absolute atomic E-state index is 0.0255. The number of hydrogen-bond donors (Lipinski definition) is 1. The van der Waals surface area contributed by atoms with Crippen molar-refractivity contribution in [3.8, 4) is 0 Å².